The van der Waals surface area contributed by atoms with Crippen LogP contribution in [0.25, 0.3) is 10.4 Å². The van der Waals surface area contributed by atoms with Crippen LogP contribution in [0.2, 0.25) is 0 Å². The number of ether oxygens (including phenoxy) is 3. The quantitative estimate of drug-likeness (QED) is 0.461. The van der Waals surface area contributed by atoms with E-state index in [1.165, 1.54) is 51.0 Å². The van der Waals surface area contributed by atoms with Gasteiger partial charge in [-0.15, -0.1) is 11.3 Å². The van der Waals surface area contributed by atoms with Gasteiger partial charge in [-0.25, -0.2) is 9.82 Å². The van der Waals surface area contributed by atoms with E-state index in [1.54, 1.807) is 30.3 Å². The molecular weight excluding hydrogens is 395 g/mol. The number of nitrogens with one attached hydrogen (secondary N) is 1. The van der Waals surface area contributed by atoms with Crippen molar-refractivity contribution in [3.8, 4) is 27.7 Å². The highest BCUT2D eigenvalue weighted by molar-refractivity contribution is 7.17. The Hall–Kier alpha value is -3.39. The molecule has 0 radical (unpaired) electrons. The van der Waals surface area contributed by atoms with E-state index in [-0.39, 0.29) is 11.7 Å². The molecule has 29 heavy (non-hydrogen) atoms. The third kappa shape index (κ3) is 4.72. The van der Waals surface area contributed by atoms with E-state index >= 15 is 0 Å². The Bertz CT molecular complexity index is 1030. The molecule has 1 aromatic heterocycles. The molecule has 150 valence electrons. The number of rotatable bonds is 7. The van der Waals surface area contributed by atoms with Gasteiger partial charge in [0.2, 0.25) is 0 Å². The molecule has 1 amide bonds. The van der Waals surface area contributed by atoms with Gasteiger partial charge in [0, 0.05) is 16.5 Å². The maximum Gasteiger partial charge on any atom is 0.281 e. The molecule has 0 saturated heterocycles. The van der Waals surface area contributed by atoms with Gasteiger partial charge in [0.05, 0.1) is 32.4 Å². The number of amides is 1. The monoisotopic (exact) mass is 414 g/mol. The van der Waals surface area contributed by atoms with Gasteiger partial charge in [-0.05, 0) is 35.9 Å². The number of hydrogen-bond donors (Lipinski definition) is 1. The largest absolute Gasteiger partial charge is 0.496 e. The van der Waals surface area contributed by atoms with Crippen LogP contribution in [0.1, 0.15) is 15.2 Å². The first-order chi connectivity index (χ1) is 14.0. The van der Waals surface area contributed by atoms with Crippen LogP contribution in [-0.2, 0) is 0 Å². The van der Waals surface area contributed by atoms with E-state index in [0.717, 1.165) is 10.4 Å². The Morgan fingerprint density at radius 1 is 0.966 bits per heavy atom. The third-order valence-corrected chi connectivity index (χ3v) is 5.20. The van der Waals surface area contributed by atoms with Crippen molar-refractivity contribution in [1.29, 1.82) is 0 Å². The fraction of sp³-hybridized carbons (Fsp3) is 0.143. The first-order valence-corrected chi connectivity index (χ1v) is 9.36. The normalized spacial score (nSPS) is 10.8. The molecule has 1 N–H and O–H groups in total. The molecule has 0 unspecified atom stereocenters. The van der Waals surface area contributed by atoms with Gasteiger partial charge in [-0.3, -0.25) is 4.79 Å². The minimum atomic E-state index is -0.348. The summed E-state index contributed by atoms with van der Waals surface area (Å²) < 4.78 is 28.9. The summed E-state index contributed by atoms with van der Waals surface area (Å²) in [7, 11) is 4.59. The number of hydrazone groups is 1. The summed E-state index contributed by atoms with van der Waals surface area (Å²) in [5, 5.41) is 4.01. The summed E-state index contributed by atoms with van der Waals surface area (Å²) in [5.74, 6) is 0.915. The van der Waals surface area contributed by atoms with Crippen LogP contribution >= 0.6 is 11.3 Å². The van der Waals surface area contributed by atoms with E-state index in [4.69, 9.17) is 14.2 Å². The standard InChI is InChI=1S/C21H19FN2O4S/c1-26-16-11-18(28-3)17(27-2)10-14(16)12-23-24-21(25)20-9-8-19(29-20)13-4-6-15(22)7-5-13/h4-12H,1-3H3,(H,24,25)/b23-12-. The van der Waals surface area contributed by atoms with Crippen LogP contribution in [0.5, 0.6) is 17.2 Å². The van der Waals surface area contributed by atoms with Crippen molar-refractivity contribution in [2.24, 2.45) is 5.10 Å². The van der Waals surface area contributed by atoms with Gasteiger partial charge < -0.3 is 14.2 Å². The lowest BCUT2D eigenvalue weighted by molar-refractivity contribution is 0.0959. The molecule has 0 atom stereocenters. The SMILES string of the molecule is COc1cc(OC)c(OC)cc1/C=N\NC(=O)c1ccc(-c2ccc(F)cc2)s1. The molecule has 3 aromatic rings. The van der Waals surface area contributed by atoms with Crippen molar-refractivity contribution >= 4 is 23.5 Å². The van der Waals surface area contributed by atoms with E-state index in [2.05, 4.69) is 10.5 Å². The number of carbonyl (C=O) groups excluding carboxylic acids is 1. The number of nitrogens with zero attached hydrogens (tertiary/aromatic N) is 1. The van der Waals surface area contributed by atoms with Crippen LogP contribution in [0, 0.1) is 5.82 Å². The van der Waals surface area contributed by atoms with Gasteiger partial charge in [0.1, 0.15) is 11.6 Å². The van der Waals surface area contributed by atoms with Gasteiger partial charge in [-0.2, -0.15) is 5.10 Å². The summed E-state index contributed by atoms with van der Waals surface area (Å²) in [6.07, 6.45) is 1.47. The zero-order valence-corrected chi connectivity index (χ0v) is 16.9. The number of hydrogen-bond acceptors (Lipinski definition) is 6. The molecule has 6 nitrogen and oxygen atoms in total. The Kier molecular flexibility index (Phi) is 6.46. The minimum absolute atomic E-state index is 0.303. The van der Waals surface area contributed by atoms with Crippen molar-refractivity contribution in [2.75, 3.05) is 21.3 Å². The van der Waals surface area contributed by atoms with Crippen molar-refractivity contribution in [1.82, 2.24) is 5.43 Å². The van der Waals surface area contributed by atoms with Gasteiger partial charge >= 0.3 is 0 Å². The first-order valence-electron chi connectivity index (χ1n) is 8.55. The third-order valence-electron chi connectivity index (χ3n) is 4.06. The molecule has 3 rings (SSSR count). The van der Waals surface area contributed by atoms with Crippen molar-refractivity contribution < 1.29 is 23.4 Å². The highest BCUT2D eigenvalue weighted by atomic mass is 32.1. The Morgan fingerprint density at radius 3 is 2.28 bits per heavy atom. The summed E-state index contributed by atoms with van der Waals surface area (Å²) >= 11 is 1.30. The lowest BCUT2D eigenvalue weighted by Gasteiger charge is -2.11. The van der Waals surface area contributed by atoms with Crippen LogP contribution < -0.4 is 19.6 Å². The lowest BCUT2D eigenvalue weighted by Crippen LogP contribution is -2.16. The van der Waals surface area contributed by atoms with Gasteiger partial charge in [-0.1, -0.05) is 12.1 Å². The molecule has 0 spiro atoms. The maximum absolute atomic E-state index is 13.1. The molecule has 2 aromatic carbocycles. The van der Waals surface area contributed by atoms with E-state index < -0.39 is 0 Å². The predicted octanol–water partition coefficient (Wildman–Crippen LogP) is 4.34. The second-order valence-electron chi connectivity index (χ2n) is 5.82. The van der Waals surface area contributed by atoms with Crippen LogP contribution in [0.3, 0.4) is 0 Å². The van der Waals surface area contributed by atoms with Crippen LogP contribution in [0.4, 0.5) is 4.39 Å². The zero-order valence-electron chi connectivity index (χ0n) is 16.1. The zero-order chi connectivity index (χ0) is 20.8. The molecule has 0 aliphatic heterocycles. The molecule has 8 heteroatoms. The first kappa shape index (κ1) is 20.3. The smallest absolute Gasteiger partial charge is 0.281 e. The molecular formula is C21H19FN2O4S. The number of carbonyl (C=O) groups is 1. The number of benzene rings is 2. The highest BCUT2D eigenvalue weighted by Gasteiger charge is 2.12. The molecule has 0 fully saturated rings. The average Bonchev–Trinajstić information content (AvgIpc) is 3.24. The van der Waals surface area contributed by atoms with Gasteiger partial charge in [0.25, 0.3) is 5.91 Å². The van der Waals surface area contributed by atoms with E-state index in [1.807, 2.05) is 6.07 Å². The Labute approximate surface area is 171 Å². The fourth-order valence-corrected chi connectivity index (χ4v) is 3.50. The number of thiophene rings is 1. The molecule has 0 aliphatic carbocycles. The van der Waals surface area contributed by atoms with Crippen molar-refractivity contribution in [2.45, 2.75) is 0 Å². The maximum atomic E-state index is 13.1. The van der Waals surface area contributed by atoms with Gasteiger partial charge in [0.15, 0.2) is 11.5 Å². The van der Waals surface area contributed by atoms with Crippen LogP contribution in [-0.4, -0.2) is 33.5 Å². The molecule has 0 bridgehead atoms. The minimum Gasteiger partial charge on any atom is -0.496 e. The highest BCUT2D eigenvalue weighted by Crippen LogP contribution is 2.33. The van der Waals surface area contributed by atoms with E-state index in [0.29, 0.717) is 27.7 Å². The summed E-state index contributed by atoms with van der Waals surface area (Å²) in [6, 6.07) is 13.0. The van der Waals surface area contributed by atoms with Crippen molar-refractivity contribution in [3.63, 3.8) is 0 Å². The summed E-state index contributed by atoms with van der Waals surface area (Å²) in [4.78, 5) is 13.7. The molecule has 1 heterocycles. The fourth-order valence-electron chi connectivity index (χ4n) is 2.60. The second kappa shape index (κ2) is 9.20. The van der Waals surface area contributed by atoms with E-state index in [9.17, 15) is 9.18 Å². The molecule has 0 aliphatic rings. The number of methoxy groups -OCH3 is 3. The lowest BCUT2D eigenvalue weighted by atomic mass is 10.2. The van der Waals surface area contributed by atoms with Crippen LogP contribution in [0.15, 0.2) is 53.6 Å². The Morgan fingerprint density at radius 2 is 1.62 bits per heavy atom. The van der Waals surface area contributed by atoms with Crippen molar-refractivity contribution in [3.05, 3.63) is 64.8 Å². The second-order valence-corrected chi connectivity index (χ2v) is 6.90. The summed E-state index contributed by atoms with van der Waals surface area (Å²) in [6.45, 7) is 0. The number of halogens is 1. The molecule has 0 saturated carbocycles. The summed E-state index contributed by atoms with van der Waals surface area (Å²) in [5.41, 5.74) is 3.95. The predicted molar refractivity (Wildman–Crippen MR) is 111 cm³/mol. The average molecular weight is 414 g/mol. The topological polar surface area (TPSA) is 69.2 Å². The Balaban J connectivity index is 1.72.